The molecule has 0 unspecified atom stereocenters. The van der Waals surface area contributed by atoms with Crippen molar-refractivity contribution in [1.29, 1.82) is 0 Å². The molecule has 0 N–H and O–H groups in total. The van der Waals surface area contributed by atoms with E-state index in [-0.39, 0.29) is 0 Å². The van der Waals surface area contributed by atoms with Crippen molar-refractivity contribution in [2.24, 2.45) is 0 Å². The topological polar surface area (TPSA) is 40.2 Å². The van der Waals surface area contributed by atoms with Crippen LogP contribution in [0.25, 0.3) is 0 Å². The summed E-state index contributed by atoms with van der Waals surface area (Å²) < 4.78 is 19.2. The molecule has 0 aromatic heterocycles. The molecule has 6 heteroatoms. The summed E-state index contributed by atoms with van der Waals surface area (Å²) >= 11 is -3.96. The van der Waals surface area contributed by atoms with Gasteiger partial charge in [-0.25, -0.2) is 0 Å². The minimum atomic E-state index is -3.96. The Morgan fingerprint density at radius 1 is 0.917 bits per heavy atom. The second kappa shape index (κ2) is 8.94. The summed E-state index contributed by atoms with van der Waals surface area (Å²) in [6.45, 7) is 3.25. The van der Waals surface area contributed by atoms with Crippen LogP contribution in [0.5, 0.6) is 0 Å². The van der Waals surface area contributed by atoms with Crippen molar-refractivity contribution < 1.29 is 14.3 Å². The van der Waals surface area contributed by atoms with E-state index in [9.17, 15) is 0 Å². The molecule has 0 radical (unpaired) electrons. The van der Waals surface area contributed by atoms with Gasteiger partial charge in [0.25, 0.3) is 0 Å². The zero-order chi connectivity index (χ0) is 16.7. The first-order chi connectivity index (χ1) is 11.8. The molecule has 0 atom stereocenters. The molecule has 2 aromatic carbocycles. The van der Waals surface area contributed by atoms with E-state index in [1.54, 1.807) is 0 Å². The number of hydrogen-bond donors (Lipinski definition) is 0. The molecule has 3 rings (SSSR count). The summed E-state index contributed by atoms with van der Waals surface area (Å²) in [4.78, 5) is 7.76. The molecule has 0 saturated carbocycles. The molecular weight excluding hydrogens is 413 g/mol. The Labute approximate surface area is 148 Å². The number of benzene rings is 2. The van der Waals surface area contributed by atoms with Gasteiger partial charge in [-0.3, -0.25) is 0 Å². The fraction of sp³-hybridized carbons (Fsp3) is 0.333. The van der Waals surface area contributed by atoms with Gasteiger partial charge < -0.3 is 0 Å². The van der Waals surface area contributed by atoms with Crippen LogP contribution >= 0.6 is 0 Å². The van der Waals surface area contributed by atoms with Gasteiger partial charge in [-0.05, 0) is 0 Å². The second-order valence-corrected chi connectivity index (χ2v) is 12.7. The molecule has 0 bridgehead atoms. The van der Waals surface area contributed by atoms with Crippen LogP contribution in [0.15, 0.2) is 60.7 Å². The molecule has 1 aliphatic heterocycles. The summed E-state index contributed by atoms with van der Waals surface area (Å²) in [5.41, 5.74) is 1.05. The van der Waals surface area contributed by atoms with Gasteiger partial charge in [0.05, 0.1) is 0 Å². The Hall–Kier alpha value is -0.961. The predicted molar refractivity (Wildman–Crippen MR) is 93.5 cm³/mol. The Kier molecular flexibility index (Phi) is 6.65. The van der Waals surface area contributed by atoms with Crippen LogP contribution in [0.1, 0.15) is 5.56 Å². The zero-order valence-electron chi connectivity index (χ0n) is 13.9. The van der Waals surface area contributed by atoms with E-state index < -0.39 is 19.6 Å². The SMILES string of the molecule is CN1CC[O][Sn]([O]OCc2ccccc2)([c]2ccccc2)[O]CC1. The number of hydrogen-bond acceptors (Lipinski definition) is 5. The molecule has 2 aromatic rings. The summed E-state index contributed by atoms with van der Waals surface area (Å²) in [6.07, 6.45) is 0. The third kappa shape index (κ3) is 4.78. The van der Waals surface area contributed by atoms with Crippen molar-refractivity contribution in [3.05, 3.63) is 66.2 Å². The molecule has 0 spiro atoms. The maximum absolute atomic E-state index is 6.16. The average molecular weight is 436 g/mol. The van der Waals surface area contributed by atoms with Gasteiger partial charge in [0.2, 0.25) is 0 Å². The van der Waals surface area contributed by atoms with Gasteiger partial charge >= 0.3 is 149 Å². The van der Waals surface area contributed by atoms with Crippen molar-refractivity contribution in [2.75, 3.05) is 33.4 Å². The third-order valence-electron chi connectivity index (χ3n) is 3.89. The number of rotatable bonds is 5. The van der Waals surface area contributed by atoms with E-state index >= 15 is 0 Å². The van der Waals surface area contributed by atoms with Gasteiger partial charge in [0.1, 0.15) is 0 Å². The first kappa shape index (κ1) is 17.8. The van der Waals surface area contributed by atoms with Gasteiger partial charge in [0.15, 0.2) is 0 Å². The van der Waals surface area contributed by atoms with Gasteiger partial charge in [-0.15, -0.1) is 0 Å². The Bertz CT molecular complexity index is 601. The predicted octanol–water partition coefficient (Wildman–Crippen LogP) is 1.96. The molecule has 1 fully saturated rings. The second-order valence-electron chi connectivity index (χ2n) is 5.75. The van der Waals surface area contributed by atoms with Crippen LogP contribution in [0.4, 0.5) is 0 Å². The number of nitrogens with zero attached hydrogens (tertiary/aromatic N) is 1. The first-order valence-corrected chi connectivity index (χ1v) is 13.1. The summed E-state index contributed by atoms with van der Waals surface area (Å²) in [5.74, 6) is 0. The van der Waals surface area contributed by atoms with E-state index in [0.29, 0.717) is 19.8 Å². The quantitative estimate of drug-likeness (QED) is 0.408. The van der Waals surface area contributed by atoms with E-state index in [0.717, 1.165) is 22.2 Å². The average Bonchev–Trinajstić information content (AvgIpc) is 2.61. The molecule has 128 valence electrons. The molecule has 1 aliphatic rings. The van der Waals surface area contributed by atoms with Gasteiger partial charge in [-0.2, -0.15) is 0 Å². The van der Waals surface area contributed by atoms with Crippen molar-refractivity contribution in [1.82, 2.24) is 4.90 Å². The molecular formula is C18H23NO4Sn. The van der Waals surface area contributed by atoms with E-state index in [4.69, 9.17) is 14.3 Å². The third-order valence-corrected chi connectivity index (χ3v) is 11.2. The van der Waals surface area contributed by atoms with Crippen molar-refractivity contribution in [3.63, 3.8) is 0 Å². The van der Waals surface area contributed by atoms with Crippen LogP contribution in [0, 0.1) is 0 Å². The first-order valence-electron chi connectivity index (χ1n) is 8.15. The zero-order valence-corrected chi connectivity index (χ0v) is 16.7. The molecule has 24 heavy (non-hydrogen) atoms. The molecule has 5 nitrogen and oxygen atoms in total. The standard InChI is InChI=1S/C7H8O2.C6H5.C5H11NO2.Sn/c8-9-6-7-4-2-1-3-5-7;1-2-4-6-5-3-1;1-6(2-4-7)3-5-8;/h1-5,8H,6H2;1-5H;2-5H2,1H3;/q;;-2;+3/p-1. The van der Waals surface area contributed by atoms with Gasteiger partial charge in [-0.1, -0.05) is 0 Å². The fourth-order valence-corrected chi connectivity index (χ4v) is 8.60. The maximum atomic E-state index is 6.16. The molecule has 1 saturated heterocycles. The summed E-state index contributed by atoms with van der Waals surface area (Å²) in [7, 11) is 2.06. The van der Waals surface area contributed by atoms with E-state index in [2.05, 4.69) is 11.9 Å². The molecule has 0 aliphatic carbocycles. The van der Waals surface area contributed by atoms with E-state index in [1.165, 1.54) is 0 Å². The Morgan fingerprint density at radius 2 is 1.50 bits per heavy atom. The van der Waals surface area contributed by atoms with Gasteiger partial charge in [0, 0.05) is 0 Å². The summed E-state index contributed by atoms with van der Waals surface area (Å²) in [6, 6.07) is 19.9. The van der Waals surface area contributed by atoms with Crippen molar-refractivity contribution in [2.45, 2.75) is 6.61 Å². The summed E-state index contributed by atoms with van der Waals surface area (Å²) in [5, 5.41) is 0. The monoisotopic (exact) mass is 437 g/mol. The van der Waals surface area contributed by atoms with Crippen LogP contribution in [0.3, 0.4) is 0 Å². The molecule has 1 heterocycles. The number of likely N-dealkylation sites (N-methyl/N-ethyl adjacent to an activating group) is 1. The van der Waals surface area contributed by atoms with Crippen molar-refractivity contribution in [3.8, 4) is 0 Å². The van der Waals surface area contributed by atoms with Crippen molar-refractivity contribution >= 4 is 23.2 Å². The van der Waals surface area contributed by atoms with Crippen LogP contribution in [-0.2, 0) is 20.9 Å². The van der Waals surface area contributed by atoms with E-state index in [1.807, 2.05) is 60.7 Å². The van der Waals surface area contributed by atoms with Crippen LogP contribution in [-0.4, -0.2) is 57.9 Å². The Balaban J connectivity index is 1.72. The molecule has 0 amide bonds. The normalized spacial score (nSPS) is 18.7. The van der Waals surface area contributed by atoms with Crippen LogP contribution < -0.4 is 3.58 Å². The fourth-order valence-electron chi connectivity index (χ4n) is 2.48. The minimum absolute atomic E-state index is 0.374. The van der Waals surface area contributed by atoms with Crippen LogP contribution in [0.2, 0.25) is 0 Å². The Morgan fingerprint density at radius 3 is 2.12 bits per heavy atom.